The Bertz CT molecular complexity index is 259. The third-order valence-electron chi connectivity index (χ3n) is 1.36. The minimum absolute atomic E-state index is 0.175. The first-order chi connectivity index (χ1) is 5.27. The maximum absolute atomic E-state index is 5.12. The van der Waals surface area contributed by atoms with Gasteiger partial charge in [0.25, 0.3) is 0 Å². The molecule has 1 saturated heterocycles. The van der Waals surface area contributed by atoms with Crippen molar-refractivity contribution in [1.82, 2.24) is 10.6 Å². The first-order valence-electron chi connectivity index (χ1n) is 2.93. The van der Waals surface area contributed by atoms with Gasteiger partial charge in [0.2, 0.25) is 0 Å². The van der Waals surface area contributed by atoms with Crippen LogP contribution >= 0.6 is 46.0 Å². The van der Waals surface area contributed by atoms with Gasteiger partial charge in [0, 0.05) is 11.1 Å². The average Bonchev–Trinajstić information content (AvgIpc) is 2.33. The van der Waals surface area contributed by atoms with Crippen molar-refractivity contribution >= 4 is 55.3 Å². The van der Waals surface area contributed by atoms with Crippen molar-refractivity contribution < 1.29 is 0 Å². The molecule has 0 bridgehead atoms. The molecule has 1 fully saturated rings. The number of hydrogen-bond acceptors (Lipinski definition) is 4. The number of fused-ring (bicyclic) bond motifs is 1. The van der Waals surface area contributed by atoms with E-state index in [9.17, 15) is 0 Å². The van der Waals surface area contributed by atoms with Crippen LogP contribution in [0.1, 0.15) is 0 Å². The van der Waals surface area contributed by atoms with Crippen LogP contribution in [0.15, 0.2) is 11.1 Å². The molecule has 1 atom stereocenters. The predicted octanol–water partition coefficient (Wildman–Crippen LogP) is 1.40. The molecule has 0 aliphatic carbocycles. The van der Waals surface area contributed by atoms with Crippen LogP contribution in [0.2, 0.25) is 0 Å². The molecule has 0 amide bonds. The lowest BCUT2D eigenvalue weighted by molar-refractivity contribution is 0.879. The lowest BCUT2D eigenvalue weighted by Gasteiger charge is -2.19. The Balaban J connectivity index is 2.29. The Labute approximate surface area is 83.0 Å². The molecule has 0 spiro atoms. The van der Waals surface area contributed by atoms with Crippen LogP contribution in [-0.2, 0) is 0 Å². The van der Waals surface area contributed by atoms with Crippen LogP contribution in [0.4, 0.5) is 0 Å². The minimum Gasteiger partial charge on any atom is -0.350 e. The van der Waals surface area contributed by atoms with E-state index in [-0.39, 0.29) is 6.04 Å². The van der Waals surface area contributed by atoms with Gasteiger partial charge in [0.15, 0.2) is 5.11 Å². The van der Waals surface area contributed by atoms with Crippen molar-refractivity contribution in [3.8, 4) is 0 Å². The number of nitrogens with one attached hydrogen (secondary N) is 2. The molecule has 58 valence electrons. The van der Waals surface area contributed by atoms with Gasteiger partial charge < -0.3 is 10.6 Å². The highest BCUT2D eigenvalue weighted by Gasteiger charge is 2.30. The Kier molecular flexibility index (Phi) is 2.09. The SMILES string of the molecule is S=C1NC=C2SSC(=S)C2N1. The largest absolute Gasteiger partial charge is 0.350 e. The normalized spacial score (nSPS) is 28.7. The fourth-order valence-electron chi connectivity index (χ4n) is 0.848. The van der Waals surface area contributed by atoms with E-state index in [0.717, 1.165) is 4.20 Å². The zero-order valence-electron chi connectivity index (χ0n) is 5.29. The van der Waals surface area contributed by atoms with Gasteiger partial charge in [-0.2, -0.15) is 0 Å². The molecule has 1 unspecified atom stereocenters. The van der Waals surface area contributed by atoms with Crippen LogP contribution in [-0.4, -0.2) is 15.4 Å². The van der Waals surface area contributed by atoms with Crippen LogP contribution in [0.5, 0.6) is 0 Å². The first-order valence-corrected chi connectivity index (χ1v) is 5.89. The first kappa shape index (κ1) is 7.85. The van der Waals surface area contributed by atoms with Gasteiger partial charge in [-0.15, -0.1) is 0 Å². The van der Waals surface area contributed by atoms with E-state index >= 15 is 0 Å². The Hall–Kier alpha value is 0.220. The summed E-state index contributed by atoms with van der Waals surface area (Å²) in [6.07, 6.45) is 1.92. The molecular formula is C5H4N2S4. The number of rotatable bonds is 0. The van der Waals surface area contributed by atoms with E-state index in [1.54, 1.807) is 21.6 Å². The topological polar surface area (TPSA) is 24.1 Å². The summed E-state index contributed by atoms with van der Waals surface area (Å²) in [5.74, 6) is 0. The minimum atomic E-state index is 0.175. The van der Waals surface area contributed by atoms with Gasteiger partial charge in [0.05, 0.1) is 4.20 Å². The van der Waals surface area contributed by atoms with Crippen molar-refractivity contribution in [3.05, 3.63) is 11.1 Å². The molecule has 6 heteroatoms. The molecule has 0 aromatic heterocycles. The van der Waals surface area contributed by atoms with E-state index in [1.165, 1.54) is 4.91 Å². The molecule has 11 heavy (non-hydrogen) atoms. The second-order valence-electron chi connectivity index (χ2n) is 2.08. The summed E-state index contributed by atoms with van der Waals surface area (Å²) in [4.78, 5) is 1.22. The summed E-state index contributed by atoms with van der Waals surface area (Å²) in [5, 5.41) is 6.69. The van der Waals surface area contributed by atoms with Gasteiger partial charge in [0.1, 0.15) is 6.04 Å². The molecule has 2 nitrogen and oxygen atoms in total. The highest BCUT2D eigenvalue weighted by Crippen LogP contribution is 2.43. The lowest BCUT2D eigenvalue weighted by Crippen LogP contribution is -2.45. The third-order valence-corrected chi connectivity index (χ3v) is 4.79. The quantitative estimate of drug-likeness (QED) is 0.473. The smallest absolute Gasteiger partial charge is 0.171 e. The standard InChI is InChI=1S/C5H4N2S4/c8-4-3-2(10-11-4)1-6-5(9)7-3/h1,3H,(H2,6,7,9). The highest BCUT2D eigenvalue weighted by atomic mass is 33.1. The van der Waals surface area contributed by atoms with Crippen molar-refractivity contribution in [2.24, 2.45) is 0 Å². The lowest BCUT2D eigenvalue weighted by atomic mass is 10.3. The highest BCUT2D eigenvalue weighted by molar-refractivity contribution is 8.85. The molecule has 2 aliphatic rings. The third kappa shape index (κ3) is 1.40. The number of hydrogen-bond donors (Lipinski definition) is 2. The molecule has 2 rings (SSSR count). The summed E-state index contributed by atoms with van der Waals surface area (Å²) in [5.41, 5.74) is 0. The molecule has 2 N–H and O–H groups in total. The molecule has 0 aromatic rings. The molecule has 2 aliphatic heterocycles. The van der Waals surface area contributed by atoms with E-state index in [0.29, 0.717) is 5.11 Å². The molecule has 0 saturated carbocycles. The number of thiocarbonyl (C=S) groups is 2. The Morgan fingerprint density at radius 2 is 2.18 bits per heavy atom. The zero-order valence-corrected chi connectivity index (χ0v) is 8.55. The van der Waals surface area contributed by atoms with Crippen molar-refractivity contribution in [3.63, 3.8) is 0 Å². The van der Waals surface area contributed by atoms with Crippen LogP contribution in [0.3, 0.4) is 0 Å². The molecular weight excluding hydrogens is 216 g/mol. The van der Waals surface area contributed by atoms with Gasteiger partial charge in [-0.3, -0.25) is 0 Å². The predicted molar refractivity (Wildman–Crippen MR) is 58.5 cm³/mol. The fraction of sp³-hybridized carbons (Fsp3) is 0.200. The summed E-state index contributed by atoms with van der Waals surface area (Å²) in [6, 6.07) is 0.175. The molecule has 0 aromatic carbocycles. The summed E-state index contributed by atoms with van der Waals surface area (Å²) in [6.45, 7) is 0. The van der Waals surface area contributed by atoms with Gasteiger partial charge >= 0.3 is 0 Å². The van der Waals surface area contributed by atoms with E-state index < -0.39 is 0 Å². The average molecular weight is 220 g/mol. The second kappa shape index (κ2) is 2.93. The second-order valence-corrected chi connectivity index (χ2v) is 5.43. The fourth-order valence-corrected chi connectivity index (χ4v) is 3.76. The van der Waals surface area contributed by atoms with E-state index in [2.05, 4.69) is 10.6 Å². The maximum Gasteiger partial charge on any atom is 0.171 e. The molecule has 0 radical (unpaired) electrons. The van der Waals surface area contributed by atoms with Crippen LogP contribution in [0, 0.1) is 0 Å². The van der Waals surface area contributed by atoms with E-state index in [4.69, 9.17) is 24.4 Å². The monoisotopic (exact) mass is 220 g/mol. The van der Waals surface area contributed by atoms with Crippen molar-refractivity contribution in [2.45, 2.75) is 6.04 Å². The summed E-state index contributed by atoms with van der Waals surface area (Å²) in [7, 11) is 3.31. The van der Waals surface area contributed by atoms with Crippen LogP contribution in [0.25, 0.3) is 0 Å². The summed E-state index contributed by atoms with van der Waals surface area (Å²) >= 11 is 10.1. The van der Waals surface area contributed by atoms with Crippen molar-refractivity contribution in [1.29, 1.82) is 0 Å². The van der Waals surface area contributed by atoms with E-state index in [1.807, 2.05) is 6.20 Å². The van der Waals surface area contributed by atoms with Gasteiger partial charge in [-0.05, 0) is 23.0 Å². The zero-order chi connectivity index (χ0) is 7.84. The maximum atomic E-state index is 5.12. The van der Waals surface area contributed by atoms with Gasteiger partial charge in [-0.1, -0.05) is 23.0 Å². The van der Waals surface area contributed by atoms with Crippen LogP contribution < -0.4 is 10.6 Å². The summed E-state index contributed by atoms with van der Waals surface area (Å²) < 4.78 is 0.963. The Morgan fingerprint density at radius 3 is 3.00 bits per heavy atom. The van der Waals surface area contributed by atoms with Crippen molar-refractivity contribution in [2.75, 3.05) is 0 Å². The Morgan fingerprint density at radius 1 is 1.36 bits per heavy atom. The van der Waals surface area contributed by atoms with Gasteiger partial charge in [-0.25, -0.2) is 0 Å². The molecule has 2 heterocycles.